The van der Waals surface area contributed by atoms with Gasteiger partial charge in [-0.25, -0.2) is 9.82 Å². The van der Waals surface area contributed by atoms with Crippen LogP contribution in [0.2, 0.25) is 0 Å². The van der Waals surface area contributed by atoms with Gasteiger partial charge in [0.2, 0.25) is 0 Å². The Labute approximate surface area is 123 Å². The molecule has 7 heteroatoms. The molecule has 0 fully saturated rings. The summed E-state index contributed by atoms with van der Waals surface area (Å²) in [5.41, 5.74) is 1.60. The number of benzene rings is 1. The molecule has 0 saturated carbocycles. The number of halogens is 4. The molecule has 2 aromatic rings. The van der Waals surface area contributed by atoms with Crippen LogP contribution in [0, 0.1) is 5.82 Å². The molecular formula is C14H14F4N2S. The molecular weight excluding hydrogens is 304 g/mol. The molecule has 1 atom stereocenters. The van der Waals surface area contributed by atoms with E-state index in [4.69, 9.17) is 5.84 Å². The smallest absolute Gasteiger partial charge is 0.271 e. The molecule has 0 aliphatic rings. The Kier molecular flexibility index (Phi) is 4.65. The zero-order valence-corrected chi connectivity index (χ0v) is 12.0. The van der Waals surface area contributed by atoms with Crippen molar-refractivity contribution in [2.75, 3.05) is 0 Å². The van der Waals surface area contributed by atoms with E-state index in [1.807, 2.05) is 19.1 Å². The number of aryl methyl sites for hydroxylation is 1. The van der Waals surface area contributed by atoms with Crippen LogP contribution >= 0.6 is 11.3 Å². The second-order valence-electron chi connectivity index (χ2n) is 4.49. The van der Waals surface area contributed by atoms with Gasteiger partial charge in [0.15, 0.2) is 0 Å². The SMILES string of the molecule is CCc1ccc(C(NN)c2ccc(C(F)(F)F)c(F)c2)s1. The monoisotopic (exact) mass is 318 g/mol. The van der Waals surface area contributed by atoms with Crippen molar-refractivity contribution in [3.63, 3.8) is 0 Å². The molecule has 0 spiro atoms. The molecule has 1 aromatic carbocycles. The van der Waals surface area contributed by atoms with Crippen molar-refractivity contribution in [1.82, 2.24) is 5.43 Å². The number of alkyl halides is 3. The van der Waals surface area contributed by atoms with Gasteiger partial charge in [0.1, 0.15) is 5.82 Å². The third-order valence-corrected chi connectivity index (χ3v) is 4.41. The van der Waals surface area contributed by atoms with Crippen LogP contribution in [0.1, 0.15) is 33.8 Å². The minimum Gasteiger partial charge on any atom is -0.271 e. The van der Waals surface area contributed by atoms with Gasteiger partial charge in [-0.3, -0.25) is 5.84 Å². The maximum absolute atomic E-state index is 13.6. The van der Waals surface area contributed by atoms with Crippen molar-refractivity contribution in [2.24, 2.45) is 5.84 Å². The van der Waals surface area contributed by atoms with Crippen LogP contribution in [0.3, 0.4) is 0 Å². The van der Waals surface area contributed by atoms with Gasteiger partial charge in [0.05, 0.1) is 11.6 Å². The first kappa shape index (κ1) is 15.9. The maximum Gasteiger partial charge on any atom is 0.419 e. The minimum absolute atomic E-state index is 0.354. The zero-order chi connectivity index (χ0) is 15.6. The Morgan fingerprint density at radius 1 is 1.24 bits per heavy atom. The number of thiophene rings is 1. The molecule has 21 heavy (non-hydrogen) atoms. The van der Waals surface area contributed by atoms with Gasteiger partial charge in [-0.15, -0.1) is 11.3 Å². The maximum atomic E-state index is 13.6. The fourth-order valence-electron chi connectivity index (χ4n) is 2.02. The summed E-state index contributed by atoms with van der Waals surface area (Å²) in [6.07, 6.45) is -3.85. The molecule has 0 bridgehead atoms. The van der Waals surface area contributed by atoms with Gasteiger partial charge in [0, 0.05) is 9.75 Å². The van der Waals surface area contributed by atoms with E-state index >= 15 is 0 Å². The summed E-state index contributed by atoms with van der Waals surface area (Å²) < 4.78 is 51.3. The second kappa shape index (κ2) is 6.13. The number of hydrogen-bond donors (Lipinski definition) is 2. The van der Waals surface area contributed by atoms with Crippen molar-refractivity contribution in [3.8, 4) is 0 Å². The highest BCUT2D eigenvalue weighted by Crippen LogP contribution is 2.34. The summed E-state index contributed by atoms with van der Waals surface area (Å²) in [6, 6.07) is 6.07. The van der Waals surface area contributed by atoms with Gasteiger partial charge in [-0.2, -0.15) is 13.2 Å². The first-order chi connectivity index (χ1) is 9.86. The lowest BCUT2D eigenvalue weighted by Gasteiger charge is -2.16. The molecule has 0 aliphatic heterocycles. The summed E-state index contributed by atoms with van der Waals surface area (Å²) in [5.74, 6) is 4.17. The van der Waals surface area contributed by atoms with Gasteiger partial charge in [0.25, 0.3) is 0 Å². The lowest BCUT2D eigenvalue weighted by Crippen LogP contribution is -2.28. The highest BCUT2D eigenvalue weighted by Gasteiger charge is 2.34. The van der Waals surface area contributed by atoms with Gasteiger partial charge in [-0.05, 0) is 36.2 Å². The van der Waals surface area contributed by atoms with Crippen molar-refractivity contribution >= 4 is 11.3 Å². The van der Waals surface area contributed by atoms with Crippen molar-refractivity contribution in [2.45, 2.75) is 25.6 Å². The average molecular weight is 318 g/mol. The van der Waals surface area contributed by atoms with Crippen molar-refractivity contribution < 1.29 is 17.6 Å². The lowest BCUT2D eigenvalue weighted by atomic mass is 10.0. The van der Waals surface area contributed by atoms with Crippen molar-refractivity contribution in [1.29, 1.82) is 0 Å². The van der Waals surface area contributed by atoms with E-state index in [1.165, 1.54) is 17.4 Å². The Balaban J connectivity index is 2.37. The van der Waals surface area contributed by atoms with E-state index in [1.54, 1.807) is 0 Å². The summed E-state index contributed by atoms with van der Waals surface area (Å²) >= 11 is 1.49. The molecule has 114 valence electrons. The van der Waals surface area contributed by atoms with E-state index in [2.05, 4.69) is 5.43 Å². The summed E-state index contributed by atoms with van der Waals surface area (Å²) in [4.78, 5) is 1.95. The third-order valence-electron chi connectivity index (χ3n) is 3.11. The quantitative estimate of drug-likeness (QED) is 0.507. The van der Waals surface area contributed by atoms with Crippen LogP contribution in [-0.2, 0) is 12.6 Å². The number of hydrogen-bond acceptors (Lipinski definition) is 3. The Hall–Kier alpha value is -1.44. The molecule has 2 nitrogen and oxygen atoms in total. The highest BCUT2D eigenvalue weighted by atomic mass is 32.1. The number of nitrogens with one attached hydrogen (secondary N) is 1. The fourth-order valence-corrected chi connectivity index (χ4v) is 3.06. The summed E-state index contributed by atoms with van der Waals surface area (Å²) in [6.45, 7) is 2.00. The second-order valence-corrected chi connectivity index (χ2v) is 5.69. The molecule has 0 aliphatic carbocycles. The number of rotatable bonds is 4. The highest BCUT2D eigenvalue weighted by molar-refractivity contribution is 7.12. The number of nitrogens with two attached hydrogens (primary N) is 1. The molecule has 0 saturated heterocycles. The Morgan fingerprint density at radius 3 is 2.43 bits per heavy atom. The van der Waals surface area contributed by atoms with Crippen LogP contribution in [0.5, 0.6) is 0 Å². The van der Waals surface area contributed by atoms with Crippen LogP contribution in [0.15, 0.2) is 30.3 Å². The first-order valence-corrected chi connectivity index (χ1v) is 7.09. The first-order valence-electron chi connectivity index (χ1n) is 6.28. The lowest BCUT2D eigenvalue weighted by molar-refractivity contribution is -0.140. The molecule has 3 N–H and O–H groups in total. The Morgan fingerprint density at radius 2 is 1.95 bits per heavy atom. The predicted molar refractivity (Wildman–Crippen MR) is 74.3 cm³/mol. The molecule has 1 heterocycles. The van der Waals surface area contributed by atoms with Crippen LogP contribution in [-0.4, -0.2) is 0 Å². The summed E-state index contributed by atoms with van der Waals surface area (Å²) in [5, 5.41) is 0. The average Bonchev–Trinajstić information content (AvgIpc) is 2.87. The van der Waals surface area contributed by atoms with Crippen LogP contribution in [0.4, 0.5) is 17.6 Å². The van der Waals surface area contributed by atoms with E-state index in [0.29, 0.717) is 5.56 Å². The van der Waals surface area contributed by atoms with E-state index in [0.717, 1.165) is 28.3 Å². The summed E-state index contributed by atoms with van der Waals surface area (Å²) in [7, 11) is 0. The molecule has 2 rings (SSSR count). The molecule has 1 aromatic heterocycles. The molecule has 0 radical (unpaired) electrons. The minimum atomic E-state index is -4.70. The normalized spacial score (nSPS) is 13.4. The fraction of sp³-hybridized carbons (Fsp3) is 0.286. The van der Waals surface area contributed by atoms with Gasteiger partial charge in [-0.1, -0.05) is 13.0 Å². The van der Waals surface area contributed by atoms with Crippen LogP contribution in [0.25, 0.3) is 0 Å². The van der Waals surface area contributed by atoms with Gasteiger partial charge < -0.3 is 0 Å². The third kappa shape index (κ3) is 3.42. The van der Waals surface area contributed by atoms with Gasteiger partial charge >= 0.3 is 6.18 Å². The van der Waals surface area contributed by atoms with E-state index in [9.17, 15) is 17.6 Å². The van der Waals surface area contributed by atoms with E-state index < -0.39 is 23.6 Å². The molecule has 1 unspecified atom stereocenters. The number of hydrazine groups is 1. The zero-order valence-electron chi connectivity index (χ0n) is 11.2. The molecule has 0 amide bonds. The largest absolute Gasteiger partial charge is 0.419 e. The van der Waals surface area contributed by atoms with Crippen LogP contribution < -0.4 is 11.3 Å². The topological polar surface area (TPSA) is 38.0 Å². The van der Waals surface area contributed by atoms with E-state index in [-0.39, 0.29) is 0 Å². The van der Waals surface area contributed by atoms with Crippen molar-refractivity contribution in [3.05, 3.63) is 57.0 Å². The standard InChI is InChI=1S/C14H14F4N2S/c1-2-9-4-6-12(21-9)13(20-19)8-3-5-10(11(15)7-8)14(16,17)18/h3-7,13,20H,2,19H2,1H3. The Bertz CT molecular complexity index is 622. The predicted octanol–water partition coefficient (Wildman–Crippen LogP) is 4.02.